The van der Waals surface area contributed by atoms with Gasteiger partial charge in [-0.15, -0.1) is 23.2 Å². The number of aromatic hydroxyl groups is 1. The number of carbonyl (C=O) groups is 2. The van der Waals surface area contributed by atoms with E-state index in [1.54, 1.807) is 51.2 Å². The molecule has 0 amide bonds. The van der Waals surface area contributed by atoms with Crippen LogP contribution in [0.2, 0.25) is 0 Å². The first kappa shape index (κ1) is 36.1. The third kappa shape index (κ3) is 4.82. The molecule has 1 saturated carbocycles. The number of phenols is 1. The minimum absolute atomic E-state index is 0.0262. The fourth-order valence-corrected chi connectivity index (χ4v) is 9.35. The van der Waals surface area contributed by atoms with E-state index in [1.165, 1.54) is 28.2 Å². The highest BCUT2D eigenvalue weighted by Crippen LogP contribution is 2.63. The standard InChI is InChI=1S/C35H31Cl4N5O8/c1-15-10-17(11-16(2)28(15)45)25-18-6-9-43-32(49)42(8-7-19-31(48)41(3)21-13-24(52-5)23(51-4)12-20(21)40-19)33(50)44(43)22(18)14-34(38)29(46)26(36)27(37)30(47)35(25,34)39/h6,10-13,22,25,45H,7-9,14H2,1-5H3/t22-,25+,34-,35+/m1/s1. The first-order chi connectivity index (χ1) is 24.5. The summed E-state index contributed by atoms with van der Waals surface area (Å²) in [5.74, 6) is -2.06. The molecular formula is C35H31Cl4N5O8. The van der Waals surface area contributed by atoms with E-state index in [4.69, 9.17) is 55.9 Å². The number of fused-ring (bicyclic) bond motifs is 5. The molecule has 1 fully saturated rings. The van der Waals surface area contributed by atoms with E-state index >= 15 is 0 Å². The number of alkyl halides is 2. The largest absolute Gasteiger partial charge is 0.507 e. The van der Waals surface area contributed by atoms with Crippen LogP contribution < -0.4 is 26.4 Å². The summed E-state index contributed by atoms with van der Waals surface area (Å²) in [5.41, 5.74) is 1.02. The third-order valence-corrected chi connectivity index (χ3v) is 12.7. The van der Waals surface area contributed by atoms with Crippen molar-refractivity contribution in [1.29, 1.82) is 0 Å². The molecule has 0 spiro atoms. The maximum Gasteiger partial charge on any atom is 0.347 e. The molecule has 0 bridgehead atoms. The number of halogens is 4. The van der Waals surface area contributed by atoms with Gasteiger partial charge in [-0.2, -0.15) is 0 Å². The second kappa shape index (κ2) is 12.4. The van der Waals surface area contributed by atoms with E-state index in [1.807, 2.05) is 0 Å². The van der Waals surface area contributed by atoms with E-state index in [0.717, 1.165) is 4.57 Å². The molecule has 1 aliphatic heterocycles. The maximum atomic E-state index is 14.3. The van der Waals surface area contributed by atoms with E-state index < -0.39 is 60.3 Å². The molecule has 52 heavy (non-hydrogen) atoms. The molecule has 2 aliphatic carbocycles. The Kier molecular flexibility index (Phi) is 8.60. The lowest BCUT2D eigenvalue weighted by molar-refractivity contribution is -0.128. The van der Waals surface area contributed by atoms with Gasteiger partial charge in [0, 0.05) is 44.5 Å². The Labute approximate surface area is 315 Å². The zero-order valence-corrected chi connectivity index (χ0v) is 31.4. The molecule has 4 aromatic rings. The Bertz CT molecular complexity index is 2510. The summed E-state index contributed by atoms with van der Waals surface area (Å²) in [5, 5.41) is 9.44. The number of methoxy groups -OCH3 is 2. The highest BCUT2D eigenvalue weighted by Gasteiger charge is 2.71. The van der Waals surface area contributed by atoms with Crippen LogP contribution in [0.1, 0.15) is 40.8 Å². The first-order valence-electron chi connectivity index (χ1n) is 16.1. The Balaban J connectivity index is 1.34. The van der Waals surface area contributed by atoms with E-state index in [2.05, 4.69) is 4.98 Å². The minimum atomic E-state index is -2.21. The van der Waals surface area contributed by atoms with E-state index in [9.17, 15) is 29.1 Å². The first-order valence-corrected chi connectivity index (χ1v) is 17.6. The average molecular weight is 791 g/mol. The van der Waals surface area contributed by atoms with Gasteiger partial charge in [0.05, 0.1) is 37.8 Å². The summed E-state index contributed by atoms with van der Waals surface area (Å²) in [4.78, 5) is 69.6. The molecular weight excluding hydrogens is 760 g/mol. The summed E-state index contributed by atoms with van der Waals surface area (Å²) in [7, 11) is 4.53. The Morgan fingerprint density at radius 1 is 0.923 bits per heavy atom. The second-order valence-electron chi connectivity index (χ2n) is 13.2. The van der Waals surface area contributed by atoms with Crippen LogP contribution in [-0.2, 0) is 36.1 Å². The Morgan fingerprint density at radius 2 is 1.54 bits per heavy atom. The zero-order chi connectivity index (χ0) is 37.8. The van der Waals surface area contributed by atoms with Crippen LogP contribution in [-0.4, -0.2) is 64.1 Å². The van der Waals surface area contributed by atoms with Crippen LogP contribution in [0, 0.1) is 13.8 Å². The average Bonchev–Trinajstić information content (AvgIpc) is 3.37. The molecule has 272 valence electrons. The molecule has 0 saturated heterocycles. The van der Waals surface area contributed by atoms with Crippen molar-refractivity contribution in [2.75, 3.05) is 14.2 Å². The summed E-state index contributed by atoms with van der Waals surface area (Å²) in [6.07, 6.45) is 1.22. The van der Waals surface area contributed by atoms with Crippen LogP contribution in [0.15, 0.2) is 60.4 Å². The number of hydrogen-bond donors (Lipinski definition) is 1. The van der Waals surface area contributed by atoms with Crippen LogP contribution in [0.4, 0.5) is 0 Å². The Morgan fingerprint density at radius 3 is 2.17 bits per heavy atom. The van der Waals surface area contributed by atoms with Gasteiger partial charge in [-0.25, -0.2) is 28.5 Å². The summed E-state index contributed by atoms with van der Waals surface area (Å²) < 4.78 is 15.6. The number of aromatic nitrogens is 5. The molecule has 2 aromatic carbocycles. The molecule has 2 aromatic heterocycles. The summed E-state index contributed by atoms with van der Waals surface area (Å²) in [6.45, 7) is 3.04. The lowest BCUT2D eigenvalue weighted by atomic mass is 9.59. The molecule has 4 atom stereocenters. The van der Waals surface area contributed by atoms with Crippen molar-refractivity contribution in [3.05, 3.63) is 99.7 Å². The quantitative estimate of drug-likeness (QED) is 0.225. The minimum Gasteiger partial charge on any atom is -0.507 e. The van der Waals surface area contributed by atoms with Gasteiger partial charge in [-0.1, -0.05) is 41.4 Å². The number of hydrogen-bond acceptors (Lipinski definition) is 9. The van der Waals surface area contributed by atoms with Crippen molar-refractivity contribution < 1.29 is 24.2 Å². The van der Waals surface area contributed by atoms with Crippen molar-refractivity contribution in [2.45, 2.75) is 61.5 Å². The summed E-state index contributed by atoms with van der Waals surface area (Å²) in [6, 6.07) is 5.48. The van der Waals surface area contributed by atoms with Crippen molar-refractivity contribution in [3.8, 4) is 17.2 Å². The van der Waals surface area contributed by atoms with Crippen molar-refractivity contribution in [1.82, 2.24) is 23.5 Å². The SMILES string of the molecule is COc1cc2nc(CCn3c(=O)n4n(c3=O)[C@@H]3C[C@@]5(Cl)C(=O)C(Cl)=C(Cl)C(=O)[C@@]5(Cl)[C@@H](c5cc(C)c(O)c(C)c5)C3=CC4)c(=O)n(C)c2cc1OC. The number of Topliss-reactive ketones (excluding diaryl/α,β-unsaturated/α-hetero) is 2. The lowest BCUT2D eigenvalue weighted by Gasteiger charge is -2.54. The van der Waals surface area contributed by atoms with Crippen molar-refractivity contribution >= 4 is 69.0 Å². The van der Waals surface area contributed by atoms with Gasteiger partial charge in [0.1, 0.15) is 31.3 Å². The zero-order valence-electron chi connectivity index (χ0n) is 28.4. The van der Waals surface area contributed by atoms with Gasteiger partial charge in [-0.05, 0) is 36.1 Å². The molecule has 1 N–H and O–H groups in total. The van der Waals surface area contributed by atoms with Gasteiger partial charge >= 0.3 is 11.4 Å². The number of allylic oxidation sites excluding steroid dienone is 4. The normalized spacial score (nSPS) is 24.1. The lowest BCUT2D eigenvalue weighted by Crippen LogP contribution is -2.67. The predicted octanol–water partition coefficient (Wildman–Crippen LogP) is 4.11. The van der Waals surface area contributed by atoms with Gasteiger partial charge in [-0.3, -0.25) is 14.4 Å². The number of aryl methyl sites for hydroxylation is 4. The molecule has 3 aliphatic rings. The van der Waals surface area contributed by atoms with Gasteiger partial charge in [0.25, 0.3) is 5.56 Å². The maximum absolute atomic E-state index is 14.3. The molecule has 3 heterocycles. The van der Waals surface area contributed by atoms with Gasteiger partial charge < -0.3 is 19.1 Å². The molecule has 17 heteroatoms. The number of phenolic OH excluding ortho intramolecular Hbond substituents is 1. The third-order valence-electron chi connectivity index (χ3n) is 10.5. The van der Waals surface area contributed by atoms with Crippen LogP contribution in [0.25, 0.3) is 11.0 Å². The number of ketones is 2. The van der Waals surface area contributed by atoms with Gasteiger partial charge in [0.15, 0.2) is 23.1 Å². The number of carbonyl (C=O) groups excluding carboxylic acids is 2. The predicted molar refractivity (Wildman–Crippen MR) is 195 cm³/mol. The topological polar surface area (TPSA) is 157 Å². The fourth-order valence-electron chi connectivity index (χ4n) is 7.83. The number of rotatable bonds is 6. The van der Waals surface area contributed by atoms with Crippen molar-refractivity contribution in [2.24, 2.45) is 7.05 Å². The highest BCUT2D eigenvalue weighted by atomic mass is 35.5. The van der Waals surface area contributed by atoms with Crippen LogP contribution in [0.3, 0.4) is 0 Å². The highest BCUT2D eigenvalue weighted by molar-refractivity contribution is 6.66. The van der Waals surface area contributed by atoms with E-state index in [0.29, 0.717) is 44.8 Å². The molecule has 7 rings (SSSR count). The number of nitrogens with zero attached hydrogens (tertiary/aromatic N) is 5. The van der Waals surface area contributed by atoms with Crippen molar-refractivity contribution in [3.63, 3.8) is 0 Å². The van der Waals surface area contributed by atoms with Crippen LogP contribution in [0.5, 0.6) is 17.2 Å². The van der Waals surface area contributed by atoms with Crippen LogP contribution >= 0.6 is 46.4 Å². The van der Waals surface area contributed by atoms with E-state index in [-0.39, 0.29) is 37.4 Å². The molecule has 0 radical (unpaired) electrons. The second-order valence-corrected chi connectivity index (χ2v) is 15.2. The number of ether oxygens (including phenoxy) is 2. The number of benzene rings is 2. The molecule has 13 nitrogen and oxygen atoms in total. The monoisotopic (exact) mass is 789 g/mol. The fraction of sp³-hybridized carbons (Fsp3) is 0.371. The molecule has 0 unspecified atom stereocenters. The summed E-state index contributed by atoms with van der Waals surface area (Å²) >= 11 is 27.1. The Hall–Kier alpha value is -4.30. The smallest absolute Gasteiger partial charge is 0.347 e. The van der Waals surface area contributed by atoms with Gasteiger partial charge in [0.2, 0.25) is 0 Å².